The average Bonchev–Trinajstić information content (AvgIpc) is 2.73. The van der Waals surface area contributed by atoms with Crippen LogP contribution in [0.3, 0.4) is 0 Å². The molecule has 0 aliphatic carbocycles. The SMILES string of the molecule is Cc1ccc(F)cc1C(=O)NCCCN1CCN(c2cccc(C(F)(F)F)c2)CC1. The zero-order valence-corrected chi connectivity index (χ0v) is 16.8. The Morgan fingerprint density at radius 3 is 2.50 bits per heavy atom. The molecule has 2 aromatic rings. The third-order valence-corrected chi connectivity index (χ3v) is 5.29. The largest absolute Gasteiger partial charge is 0.416 e. The first-order valence-electron chi connectivity index (χ1n) is 9.93. The van der Waals surface area contributed by atoms with Crippen molar-refractivity contribution >= 4 is 11.6 Å². The summed E-state index contributed by atoms with van der Waals surface area (Å²) in [4.78, 5) is 16.4. The van der Waals surface area contributed by atoms with E-state index in [0.29, 0.717) is 30.9 Å². The highest BCUT2D eigenvalue weighted by molar-refractivity contribution is 5.95. The minimum atomic E-state index is -4.34. The maximum Gasteiger partial charge on any atom is 0.416 e. The van der Waals surface area contributed by atoms with E-state index in [2.05, 4.69) is 10.2 Å². The summed E-state index contributed by atoms with van der Waals surface area (Å²) in [7, 11) is 0. The molecule has 3 rings (SSSR count). The molecule has 0 unspecified atom stereocenters. The zero-order chi connectivity index (χ0) is 21.7. The number of piperazine rings is 1. The van der Waals surface area contributed by atoms with Crippen LogP contribution in [-0.4, -0.2) is 50.1 Å². The molecular formula is C22H25F4N3O. The fraction of sp³-hybridized carbons (Fsp3) is 0.409. The molecule has 1 aliphatic heterocycles. The van der Waals surface area contributed by atoms with E-state index in [1.165, 1.54) is 24.3 Å². The molecule has 4 nitrogen and oxygen atoms in total. The Labute approximate surface area is 173 Å². The zero-order valence-electron chi connectivity index (χ0n) is 16.8. The summed E-state index contributed by atoms with van der Waals surface area (Å²) in [5.41, 5.74) is 1.01. The van der Waals surface area contributed by atoms with Crippen molar-refractivity contribution in [1.82, 2.24) is 10.2 Å². The van der Waals surface area contributed by atoms with Crippen molar-refractivity contribution in [2.24, 2.45) is 0 Å². The second-order valence-electron chi connectivity index (χ2n) is 7.45. The number of benzene rings is 2. The Hall–Kier alpha value is -2.61. The van der Waals surface area contributed by atoms with Crippen LogP contribution in [0.15, 0.2) is 42.5 Å². The molecule has 162 valence electrons. The minimum Gasteiger partial charge on any atom is -0.369 e. The van der Waals surface area contributed by atoms with E-state index in [-0.39, 0.29) is 5.91 Å². The quantitative estimate of drug-likeness (QED) is 0.562. The number of hydrogen-bond acceptors (Lipinski definition) is 3. The number of amides is 1. The lowest BCUT2D eigenvalue weighted by atomic mass is 10.1. The molecule has 8 heteroatoms. The number of hydrogen-bond donors (Lipinski definition) is 1. The molecule has 1 fully saturated rings. The average molecular weight is 423 g/mol. The van der Waals surface area contributed by atoms with Crippen molar-refractivity contribution in [3.05, 3.63) is 65.0 Å². The molecule has 1 N–H and O–H groups in total. The lowest BCUT2D eigenvalue weighted by Crippen LogP contribution is -2.47. The molecule has 0 bridgehead atoms. The van der Waals surface area contributed by atoms with Gasteiger partial charge in [0.2, 0.25) is 0 Å². The van der Waals surface area contributed by atoms with Gasteiger partial charge in [-0.25, -0.2) is 4.39 Å². The molecule has 0 spiro atoms. The normalized spacial score (nSPS) is 15.3. The topological polar surface area (TPSA) is 35.6 Å². The van der Waals surface area contributed by atoms with E-state index in [9.17, 15) is 22.4 Å². The van der Waals surface area contributed by atoms with Crippen molar-refractivity contribution in [1.29, 1.82) is 0 Å². The third kappa shape index (κ3) is 5.72. The van der Waals surface area contributed by atoms with Crippen LogP contribution >= 0.6 is 0 Å². The van der Waals surface area contributed by atoms with E-state index in [1.807, 2.05) is 4.90 Å². The van der Waals surface area contributed by atoms with Crippen LogP contribution in [0.25, 0.3) is 0 Å². The van der Waals surface area contributed by atoms with Gasteiger partial charge in [-0.1, -0.05) is 12.1 Å². The molecule has 1 amide bonds. The van der Waals surface area contributed by atoms with Crippen LogP contribution < -0.4 is 10.2 Å². The second kappa shape index (κ2) is 9.47. The molecule has 2 aromatic carbocycles. The Morgan fingerprint density at radius 1 is 1.07 bits per heavy atom. The van der Waals surface area contributed by atoms with Crippen molar-refractivity contribution in [3.8, 4) is 0 Å². The number of anilines is 1. The first kappa shape index (κ1) is 22.1. The van der Waals surface area contributed by atoms with Crippen LogP contribution in [0.5, 0.6) is 0 Å². The van der Waals surface area contributed by atoms with E-state index in [1.54, 1.807) is 19.1 Å². The van der Waals surface area contributed by atoms with Gasteiger partial charge >= 0.3 is 6.18 Å². The van der Waals surface area contributed by atoms with Gasteiger partial charge in [0.15, 0.2) is 0 Å². The molecule has 1 heterocycles. The molecule has 0 atom stereocenters. The number of carbonyl (C=O) groups excluding carboxylic acids is 1. The Kier molecular flexibility index (Phi) is 6.97. The fourth-order valence-corrected chi connectivity index (χ4v) is 3.55. The summed E-state index contributed by atoms with van der Waals surface area (Å²) in [6.07, 6.45) is -3.60. The van der Waals surface area contributed by atoms with Gasteiger partial charge in [-0.05, 0) is 55.8 Å². The summed E-state index contributed by atoms with van der Waals surface area (Å²) in [6.45, 7) is 5.80. The van der Waals surface area contributed by atoms with Crippen LogP contribution in [0, 0.1) is 12.7 Å². The summed E-state index contributed by atoms with van der Waals surface area (Å²) >= 11 is 0. The lowest BCUT2D eigenvalue weighted by Gasteiger charge is -2.36. The number of nitrogens with zero attached hydrogens (tertiary/aromatic N) is 2. The summed E-state index contributed by atoms with van der Waals surface area (Å²) in [5, 5.41) is 2.81. The monoisotopic (exact) mass is 423 g/mol. The number of rotatable bonds is 6. The van der Waals surface area contributed by atoms with Crippen LogP contribution in [-0.2, 0) is 6.18 Å². The van der Waals surface area contributed by atoms with Gasteiger partial charge in [0, 0.05) is 44.0 Å². The maximum absolute atomic E-state index is 13.3. The molecule has 30 heavy (non-hydrogen) atoms. The van der Waals surface area contributed by atoms with Gasteiger partial charge < -0.3 is 10.2 Å². The van der Waals surface area contributed by atoms with E-state index < -0.39 is 17.6 Å². The van der Waals surface area contributed by atoms with Gasteiger partial charge in [-0.3, -0.25) is 9.69 Å². The predicted molar refractivity (Wildman–Crippen MR) is 108 cm³/mol. The highest BCUT2D eigenvalue weighted by Crippen LogP contribution is 2.31. The molecule has 0 saturated carbocycles. The highest BCUT2D eigenvalue weighted by atomic mass is 19.4. The van der Waals surface area contributed by atoms with Gasteiger partial charge in [0.05, 0.1) is 5.56 Å². The Morgan fingerprint density at radius 2 is 1.80 bits per heavy atom. The summed E-state index contributed by atoms with van der Waals surface area (Å²) in [5.74, 6) is -0.731. The van der Waals surface area contributed by atoms with Crippen molar-refractivity contribution in [2.75, 3.05) is 44.2 Å². The smallest absolute Gasteiger partial charge is 0.369 e. The number of carbonyl (C=O) groups is 1. The molecule has 0 radical (unpaired) electrons. The molecular weight excluding hydrogens is 398 g/mol. The van der Waals surface area contributed by atoms with Crippen LogP contribution in [0.4, 0.5) is 23.2 Å². The van der Waals surface area contributed by atoms with E-state index in [0.717, 1.165) is 37.7 Å². The van der Waals surface area contributed by atoms with Crippen molar-refractivity contribution in [3.63, 3.8) is 0 Å². The molecule has 1 saturated heterocycles. The van der Waals surface area contributed by atoms with Gasteiger partial charge in [-0.2, -0.15) is 13.2 Å². The minimum absolute atomic E-state index is 0.290. The third-order valence-electron chi connectivity index (χ3n) is 5.29. The summed E-state index contributed by atoms with van der Waals surface area (Å²) in [6, 6.07) is 9.55. The number of nitrogens with one attached hydrogen (secondary N) is 1. The highest BCUT2D eigenvalue weighted by Gasteiger charge is 2.31. The maximum atomic E-state index is 13.3. The number of aryl methyl sites for hydroxylation is 1. The fourth-order valence-electron chi connectivity index (χ4n) is 3.55. The second-order valence-corrected chi connectivity index (χ2v) is 7.45. The van der Waals surface area contributed by atoms with Crippen molar-refractivity contribution in [2.45, 2.75) is 19.5 Å². The van der Waals surface area contributed by atoms with E-state index >= 15 is 0 Å². The van der Waals surface area contributed by atoms with Crippen LogP contribution in [0.2, 0.25) is 0 Å². The summed E-state index contributed by atoms with van der Waals surface area (Å²) < 4.78 is 52.0. The lowest BCUT2D eigenvalue weighted by molar-refractivity contribution is -0.137. The Balaban J connectivity index is 1.41. The van der Waals surface area contributed by atoms with Crippen LogP contribution in [0.1, 0.15) is 27.9 Å². The predicted octanol–water partition coefficient (Wildman–Crippen LogP) is 4.10. The number of halogens is 4. The first-order chi connectivity index (χ1) is 14.2. The van der Waals surface area contributed by atoms with Gasteiger partial charge in [0.1, 0.15) is 5.82 Å². The van der Waals surface area contributed by atoms with Gasteiger partial charge in [0.25, 0.3) is 5.91 Å². The first-order valence-corrected chi connectivity index (χ1v) is 9.93. The standard InChI is InChI=1S/C22H25F4N3O/c1-16-6-7-18(23)15-20(16)21(30)27-8-3-9-28-10-12-29(13-11-28)19-5-2-4-17(14-19)22(24,25)26/h2,4-7,14-15H,3,8-13H2,1H3,(H,27,30). The van der Waals surface area contributed by atoms with Gasteiger partial charge in [-0.15, -0.1) is 0 Å². The molecule has 1 aliphatic rings. The van der Waals surface area contributed by atoms with E-state index in [4.69, 9.17) is 0 Å². The molecule has 0 aromatic heterocycles. The number of alkyl halides is 3. The Bertz CT molecular complexity index is 877. The van der Waals surface area contributed by atoms with Crippen molar-refractivity contribution < 1.29 is 22.4 Å².